The van der Waals surface area contributed by atoms with Gasteiger partial charge in [-0.1, -0.05) is 6.58 Å². The molecule has 0 aliphatic rings. The van der Waals surface area contributed by atoms with E-state index in [1.165, 1.54) is 0 Å². The molecule has 0 heterocycles. The molecule has 0 aromatic heterocycles. The van der Waals surface area contributed by atoms with E-state index >= 15 is 0 Å². The second-order valence-electron chi connectivity index (χ2n) is 2.07. The fraction of sp³-hybridized carbons (Fsp3) is 0.667. The Balaban J connectivity index is 3.72. The molecule has 3 heteroatoms. The van der Waals surface area contributed by atoms with Crippen molar-refractivity contribution in [2.75, 3.05) is 28.2 Å². The first-order chi connectivity index (χ1) is 4.09. The van der Waals surface area contributed by atoms with Gasteiger partial charge in [-0.05, 0) is 0 Å². The Kier molecular flexibility index (Phi) is 3.09. The molecule has 0 aromatic carbocycles. The van der Waals surface area contributed by atoms with Crippen LogP contribution >= 0.6 is 0 Å². The predicted molar refractivity (Wildman–Crippen MR) is 39.6 cm³/mol. The monoisotopic (exact) mass is 129 g/mol. The first-order valence-electron chi connectivity index (χ1n) is 2.87. The molecule has 9 heavy (non-hydrogen) atoms. The van der Waals surface area contributed by atoms with Crippen LogP contribution in [-0.2, 0) is 0 Å². The minimum Gasteiger partial charge on any atom is -0.374 e. The minimum absolute atomic E-state index is 0.889. The van der Waals surface area contributed by atoms with Crippen LogP contribution in [0.1, 0.15) is 0 Å². The highest BCUT2D eigenvalue weighted by atomic mass is 15.6. The third-order valence-corrected chi connectivity index (χ3v) is 1.28. The van der Waals surface area contributed by atoms with Gasteiger partial charge in [0, 0.05) is 28.2 Å². The van der Waals surface area contributed by atoms with Gasteiger partial charge in [0.15, 0.2) is 0 Å². The van der Waals surface area contributed by atoms with Crippen LogP contribution in [0.25, 0.3) is 0 Å². The van der Waals surface area contributed by atoms with E-state index in [0.29, 0.717) is 0 Å². The molecule has 0 saturated carbocycles. The summed E-state index contributed by atoms with van der Waals surface area (Å²) in [6.07, 6.45) is 0. The highest BCUT2D eigenvalue weighted by molar-refractivity contribution is 4.84. The number of rotatable bonds is 3. The van der Waals surface area contributed by atoms with E-state index in [9.17, 15) is 0 Å². The fourth-order valence-corrected chi connectivity index (χ4v) is 0.403. The van der Waals surface area contributed by atoms with Crippen LogP contribution < -0.4 is 5.32 Å². The molecule has 0 bridgehead atoms. The van der Waals surface area contributed by atoms with E-state index in [0.717, 1.165) is 5.82 Å². The van der Waals surface area contributed by atoms with Crippen molar-refractivity contribution in [2.24, 2.45) is 0 Å². The van der Waals surface area contributed by atoms with E-state index < -0.39 is 0 Å². The van der Waals surface area contributed by atoms with Gasteiger partial charge in [0.25, 0.3) is 0 Å². The SMILES string of the molecule is C=C(NC)N(C)N(C)C. The Morgan fingerprint density at radius 3 is 1.89 bits per heavy atom. The van der Waals surface area contributed by atoms with Gasteiger partial charge in [-0.25, -0.2) is 5.01 Å². The van der Waals surface area contributed by atoms with Crippen LogP contribution in [0.5, 0.6) is 0 Å². The molecule has 0 amide bonds. The second kappa shape index (κ2) is 3.35. The quantitative estimate of drug-likeness (QED) is 0.545. The van der Waals surface area contributed by atoms with Crippen LogP contribution in [0.2, 0.25) is 0 Å². The average molecular weight is 129 g/mol. The molecule has 0 rings (SSSR count). The topological polar surface area (TPSA) is 18.5 Å². The summed E-state index contributed by atoms with van der Waals surface area (Å²) < 4.78 is 0. The summed E-state index contributed by atoms with van der Waals surface area (Å²) in [5.41, 5.74) is 0. The average Bonchev–Trinajstić information content (AvgIpc) is 1.84. The van der Waals surface area contributed by atoms with E-state index in [1.807, 2.05) is 38.2 Å². The van der Waals surface area contributed by atoms with Gasteiger partial charge >= 0.3 is 0 Å². The van der Waals surface area contributed by atoms with Gasteiger partial charge in [0.2, 0.25) is 0 Å². The summed E-state index contributed by atoms with van der Waals surface area (Å²) in [6.45, 7) is 3.77. The van der Waals surface area contributed by atoms with Crippen molar-refractivity contribution in [1.29, 1.82) is 0 Å². The normalized spacial score (nSPS) is 9.44. The zero-order valence-electron chi connectivity index (χ0n) is 6.60. The fourth-order valence-electron chi connectivity index (χ4n) is 0.403. The molecule has 0 aliphatic heterocycles. The zero-order valence-corrected chi connectivity index (χ0v) is 6.60. The maximum Gasteiger partial charge on any atom is 0.108 e. The largest absolute Gasteiger partial charge is 0.374 e. The van der Waals surface area contributed by atoms with Gasteiger partial charge in [-0.3, -0.25) is 5.01 Å². The number of nitrogens with zero attached hydrogens (tertiary/aromatic N) is 2. The van der Waals surface area contributed by atoms with Crippen molar-refractivity contribution in [3.8, 4) is 0 Å². The van der Waals surface area contributed by atoms with Crippen LogP contribution in [0.3, 0.4) is 0 Å². The van der Waals surface area contributed by atoms with Crippen LogP contribution in [-0.4, -0.2) is 38.2 Å². The predicted octanol–water partition coefficient (Wildman–Crippen LogP) is 0.0854. The van der Waals surface area contributed by atoms with Crippen molar-refractivity contribution >= 4 is 0 Å². The maximum absolute atomic E-state index is 3.77. The van der Waals surface area contributed by atoms with Crippen LogP contribution in [0.15, 0.2) is 12.4 Å². The van der Waals surface area contributed by atoms with E-state index in [1.54, 1.807) is 0 Å². The van der Waals surface area contributed by atoms with Crippen molar-refractivity contribution in [2.45, 2.75) is 0 Å². The molecule has 0 spiro atoms. The van der Waals surface area contributed by atoms with E-state index in [4.69, 9.17) is 0 Å². The minimum atomic E-state index is 0.889. The van der Waals surface area contributed by atoms with E-state index in [-0.39, 0.29) is 0 Å². The van der Waals surface area contributed by atoms with Crippen molar-refractivity contribution in [1.82, 2.24) is 15.3 Å². The lowest BCUT2D eigenvalue weighted by atomic mass is 10.7. The second-order valence-corrected chi connectivity index (χ2v) is 2.07. The zero-order chi connectivity index (χ0) is 7.44. The van der Waals surface area contributed by atoms with Gasteiger partial charge in [-0.2, -0.15) is 0 Å². The molecule has 1 N–H and O–H groups in total. The highest BCUT2D eigenvalue weighted by Gasteiger charge is 1.98. The third-order valence-electron chi connectivity index (χ3n) is 1.28. The molecule has 0 atom stereocenters. The number of hydrazine groups is 1. The summed E-state index contributed by atoms with van der Waals surface area (Å²) in [6, 6.07) is 0. The van der Waals surface area contributed by atoms with E-state index in [2.05, 4.69) is 11.9 Å². The molecule has 0 saturated heterocycles. The lowest BCUT2D eigenvalue weighted by Gasteiger charge is -2.27. The van der Waals surface area contributed by atoms with Gasteiger partial charge < -0.3 is 5.32 Å². The molecule has 0 aromatic rings. The number of nitrogens with one attached hydrogen (secondary N) is 1. The Bertz CT molecular complexity index is 98.5. The molecule has 0 unspecified atom stereocenters. The number of hydrogen-bond donors (Lipinski definition) is 1. The number of hydrogen-bond acceptors (Lipinski definition) is 3. The van der Waals surface area contributed by atoms with Crippen LogP contribution in [0, 0.1) is 0 Å². The molecule has 54 valence electrons. The summed E-state index contributed by atoms with van der Waals surface area (Å²) in [5, 5.41) is 6.80. The lowest BCUT2D eigenvalue weighted by Crippen LogP contribution is -2.36. The first-order valence-corrected chi connectivity index (χ1v) is 2.87. The highest BCUT2D eigenvalue weighted by Crippen LogP contribution is 1.92. The maximum atomic E-state index is 3.77. The Labute approximate surface area is 56.9 Å². The molecule has 3 nitrogen and oxygen atoms in total. The first kappa shape index (κ1) is 8.30. The summed E-state index contributed by atoms with van der Waals surface area (Å²) in [5.74, 6) is 0.889. The summed E-state index contributed by atoms with van der Waals surface area (Å²) >= 11 is 0. The molecular formula is C6H15N3. The van der Waals surface area contributed by atoms with Crippen LogP contribution in [0.4, 0.5) is 0 Å². The standard InChI is InChI=1S/C6H15N3/c1-6(7-2)9(5)8(3)4/h7H,1H2,2-5H3. The summed E-state index contributed by atoms with van der Waals surface area (Å²) in [7, 11) is 7.71. The molecule has 0 aliphatic carbocycles. The molecule has 0 fully saturated rings. The lowest BCUT2D eigenvalue weighted by molar-refractivity contribution is 0.0910. The van der Waals surface area contributed by atoms with Crippen molar-refractivity contribution < 1.29 is 0 Å². The molecular weight excluding hydrogens is 114 g/mol. The third kappa shape index (κ3) is 2.37. The van der Waals surface area contributed by atoms with Gasteiger partial charge in [0.05, 0.1) is 0 Å². The van der Waals surface area contributed by atoms with Crippen molar-refractivity contribution in [3.05, 3.63) is 12.4 Å². The smallest absolute Gasteiger partial charge is 0.108 e. The molecule has 0 radical (unpaired) electrons. The van der Waals surface area contributed by atoms with Gasteiger partial charge in [0.1, 0.15) is 5.82 Å². The Hall–Kier alpha value is -0.700. The summed E-state index contributed by atoms with van der Waals surface area (Å²) in [4.78, 5) is 0. The Morgan fingerprint density at radius 2 is 1.78 bits per heavy atom. The Morgan fingerprint density at radius 1 is 1.33 bits per heavy atom. The van der Waals surface area contributed by atoms with Crippen molar-refractivity contribution in [3.63, 3.8) is 0 Å². The van der Waals surface area contributed by atoms with Gasteiger partial charge in [-0.15, -0.1) is 0 Å².